The smallest absolute Gasteiger partial charge is 0.193 e. The lowest BCUT2D eigenvalue weighted by Crippen LogP contribution is -2.48. The van der Waals surface area contributed by atoms with Crippen LogP contribution in [0.1, 0.15) is 31.4 Å². The lowest BCUT2D eigenvalue weighted by Gasteiger charge is -2.37. The average molecular weight is 359 g/mol. The first kappa shape index (κ1) is 19.2. The highest BCUT2D eigenvalue weighted by Crippen LogP contribution is 2.21. The Bertz CT molecular complexity index is 587. The van der Waals surface area contributed by atoms with Gasteiger partial charge in [0, 0.05) is 46.3 Å². The van der Waals surface area contributed by atoms with Crippen LogP contribution in [0.5, 0.6) is 0 Å². The van der Waals surface area contributed by atoms with Crippen molar-refractivity contribution in [1.82, 2.24) is 15.1 Å². The topological polar surface area (TPSA) is 40.1 Å². The van der Waals surface area contributed by atoms with Crippen LogP contribution in [-0.2, 0) is 17.8 Å². The first-order valence-electron chi connectivity index (χ1n) is 9.98. The first-order chi connectivity index (χ1) is 12.7. The minimum atomic E-state index is 0.728. The number of guanidine groups is 1. The molecule has 0 spiro atoms. The maximum Gasteiger partial charge on any atom is 0.193 e. The fourth-order valence-electron chi connectivity index (χ4n) is 4.23. The van der Waals surface area contributed by atoms with Crippen LogP contribution >= 0.6 is 0 Å². The predicted molar refractivity (Wildman–Crippen MR) is 107 cm³/mol. The number of nitrogens with zero attached hydrogens (tertiary/aromatic N) is 3. The molecule has 0 aliphatic carbocycles. The van der Waals surface area contributed by atoms with Gasteiger partial charge < -0.3 is 15.0 Å². The van der Waals surface area contributed by atoms with Gasteiger partial charge in [-0.05, 0) is 29.4 Å². The first-order valence-corrected chi connectivity index (χ1v) is 9.98. The quantitative estimate of drug-likeness (QED) is 0.663. The van der Waals surface area contributed by atoms with Crippen LogP contribution in [0.25, 0.3) is 0 Å². The molecule has 2 saturated heterocycles. The van der Waals surface area contributed by atoms with E-state index >= 15 is 0 Å². The van der Waals surface area contributed by atoms with Gasteiger partial charge in [-0.1, -0.05) is 38.1 Å². The molecular formula is C21H34N4O. The molecule has 0 radical (unpaired) electrons. The van der Waals surface area contributed by atoms with Crippen LogP contribution in [-0.4, -0.2) is 62.2 Å². The highest BCUT2D eigenvalue weighted by Gasteiger charge is 2.24. The fourth-order valence-corrected chi connectivity index (χ4v) is 4.23. The number of likely N-dealkylation sites (tertiary alicyclic amines) is 1. The minimum Gasteiger partial charge on any atom is -0.379 e. The molecule has 1 aromatic rings. The number of morpholine rings is 1. The number of nitrogens with one attached hydrogen (secondary N) is 1. The van der Waals surface area contributed by atoms with E-state index in [0.717, 1.165) is 70.3 Å². The molecule has 5 nitrogen and oxygen atoms in total. The Hall–Kier alpha value is -1.59. The lowest BCUT2D eigenvalue weighted by molar-refractivity contribution is 0.0341. The zero-order valence-electron chi connectivity index (χ0n) is 16.6. The van der Waals surface area contributed by atoms with Gasteiger partial charge in [0.05, 0.1) is 13.2 Å². The van der Waals surface area contributed by atoms with E-state index in [1.165, 1.54) is 17.5 Å². The van der Waals surface area contributed by atoms with Gasteiger partial charge in [-0.2, -0.15) is 0 Å². The molecular weight excluding hydrogens is 324 g/mol. The van der Waals surface area contributed by atoms with Gasteiger partial charge in [-0.15, -0.1) is 0 Å². The largest absolute Gasteiger partial charge is 0.379 e. The third-order valence-electron chi connectivity index (χ3n) is 5.43. The van der Waals surface area contributed by atoms with E-state index in [0.29, 0.717) is 0 Å². The van der Waals surface area contributed by atoms with Crippen LogP contribution in [0.4, 0.5) is 0 Å². The Morgan fingerprint density at radius 2 is 1.77 bits per heavy atom. The average Bonchev–Trinajstić information content (AvgIpc) is 2.63. The Kier molecular flexibility index (Phi) is 6.92. The van der Waals surface area contributed by atoms with Crippen LogP contribution in [0.15, 0.2) is 29.3 Å². The molecule has 1 N–H and O–H groups in total. The summed E-state index contributed by atoms with van der Waals surface area (Å²) >= 11 is 0. The molecule has 0 amide bonds. The van der Waals surface area contributed by atoms with E-state index in [2.05, 4.69) is 58.2 Å². The van der Waals surface area contributed by atoms with Crippen LogP contribution in [0, 0.1) is 11.8 Å². The summed E-state index contributed by atoms with van der Waals surface area (Å²) in [7, 11) is 1.89. The third kappa shape index (κ3) is 5.21. The molecule has 2 atom stereocenters. The molecule has 2 fully saturated rings. The molecule has 0 aromatic heterocycles. The van der Waals surface area contributed by atoms with Crippen molar-refractivity contribution in [1.29, 1.82) is 0 Å². The zero-order valence-corrected chi connectivity index (χ0v) is 16.6. The summed E-state index contributed by atoms with van der Waals surface area (Å²) in [5.41, 5.74) is 2.76. The molecule has 0 bridgehead atoms. The number of piperidine rings is 1. The molecule has 2 aliphatic rings. The van der Waals surface area contributed by atoms with Crippen LogP contribution in [0.2, 0.25) is 0 Å². The summed E-state index contributed by atoms with van der Waals surface area (Å²) in [5.74, 6) is 2.49. The normalized spacial score (nSPS) is 25.3. The van der Waals surface area contributed by atoms with E-state index in [1.807, 2.05) is 7.05 Å². The third-order valence-corrected chi connectivity index (χ3v) is 5.43. The van der Waals surface area contributed by atoms with E-state index in [4.69, 9.17) is 4.74 Å². The fraction of sp³-hybridized carbons (Fsp3) is 0.667. The van der Waals surface area contributed by atoms with Gasteiger partial charge in [-0.25, -0.2) is 0 Å². The lowest BCUT2D eigenvalue weighted by atomic mass is 9.92. The molecule has 1 aromatic carbocycles. The maximum absolute atomic E-state index is 5.47. The number of hydrogen-bond donors (Lipinski definition) is 1. The van der Waals surface area contributed by atoms with Crippen molar-refractivity contribution in [3.63, 3.8) is 0 Å². The van der Waals surface area contributed by atoms with E-state index < -0.39 is 0 Å². The summed E-state index contributed by atoms with van der Waals surface area (Å²) in [4.78, 5) is 9.44. The number of aliphatic imine (C=N–C) groups is 1. The second kappa shape index (κ2) is 9.38. The summed E-state index contributed by atoms with van der Waals surface area (Å²) in [6, 6.07) is 8.76. The minimum absolute atomic E-state index is 0.728. The molecule has 5 heteroatoms. The Balaban J connectivity index is 1.61. The van der Waals surface area contributed by atoms with Gasteiger partial charge in [0.15, 0.2) is 5.96 Å². The van der Waals surface area contributed by atoms with Crippen molar-refractivity contribution in [3.05, 3.63) is 35.4 Å². The maximum atomic E-state index is 5.47. The standard InChI is InChI=1S/C21H34N4O/c1-17-12-18(2)15-25(14-17)21(22-3)23-13-19-6-4-5-7-20(19)16-24-8-10-26-11-9-24/h4-7,17-18H,8-16H2,1-3H3,(H,22,23). The number of benzene rings is 1. The molecule has 26 heavy (non-hydrogen) atoms. The summed E-state index contributed by atoms with van der Waals surface area (Å²) in [6.45, 7) is 12.4. The number of ether oxygens (including phenoxy) is 1. The molecule has 2 heterocycles. The molecule has 144 valence electrons. The van der Waals surface area contributed by atoms with Gasteiger partial charge in [0.25, 0.3) is 0 Å². The summed E-state index contributed by atoms with van der Waals surface area (Å²) in [5, 5.41) is 3.61. The SMILES string of the molecule is CN=C(NCc1ccccc1CN1CCOCC1)N1CC(C)CC(C)C1. The molecule has 3 rings (SSSR count). The van der Waals surface area contributed by atoms with Gasteiger partial charge >= 0.3 is 0 Å². The Labute approximate surface area is 158 Å². The van der Waals surface area contributed by atoms with Crippen molar-refractivity contribution in [3.8, 4) is 0 Å². The monoisotopic (exact) mass is 358 g/mol. The highest BCUT2D eigenvalue weighted by atomic mass is 16.5. The summed E-state index contributed by atoms with van der Waals surface area (Å²) in [6.07, 6.45) is 1.32. The van der Waals surface area contributed by atoms with Crippen LogP contribution in [0.3, 0.4) is 0 Å². The second-order valence-electron chi connectivity index (χ2n) is 7.91. The zero-order chi connectivity index (χ0) is 18.4. The Morgan fingerprint density at radius 3 is 2.42 bits per heavy atom. The van der Waals surface area contributed by atoms with Crippen molar-refractivity contribution in [2.75, 3.05) is 46.4 Å². The predicted octanol–water partition coefficient (Wildman–Crippen LogP) is 2.57. The van der Waals surface area contributed by atoms with Crippen molar-refractivity contribution in [2.24, 2.45) is 16.8 Å². The van der Waals surface area contributed by atoms with Gasteiger partial charge in [-0.3, -0.25) is 9.89 Å². The van der Waals surface area contributed by atoms with Gasteiger partial charge in [0.1, 0.15) is 0 Å². The van der Waals surface area contributed by atoms with E-state index in [9.17, 15) is 0 Å². The van der Waals surface area contributed by atoms with Crippen molar-refractivity contribution < 1.29 is 4.74 Å². The summed E-state index contributed by atoms with van der Waals surface area (Å²) < 4.78 is 5.47. The number of hydrogen-bond acceptors (Lipinski definition) is 3. The van der Waals surface area contributed by atoms with Gasteiger partial charge in [0.2, 0.25) is 0 Å². The molecule has 0 saturated carbocycles. The van der Waals surface area contributed by atoms with Crippen LogP contribution < -0.4 is 5.32 Å². The molecule has 2 unspecified atom stereocenters. The van der Waals surface area contributed by atoms with Crippen molar-refractivity contribution in [2.45, 2.75) is 33.4 Å². The van der Waals surface area contributed by atoms with Crippen molar-refractivity contribution >= 4 is 5.96 Å². The highest BCUT2D eigenvalue weighted by molar-refractivity contribution is 5.80. The van der Waals surface area contributed by atoms with E-state index in [1.54, 1.807) is 0 Å². The molecule has 2 aliphatic heterocycles. The second-order valence-corrected chi connectivity index (χ2v) is 7.91. The Morgan fingerprint density at radius 1 is 1.12 bits per heavy atom. The number of rotatable bonds is 4. The van der Waals surface area contributed by atoms with E-state index in [-0.39, 0.29) is 0 Å².